The van der Waals surface area contributed by atoms with Gasteiger partial charge in [-0.3, -0.25) is 0 Å². The van der Waals surface area contributed by atoms with Crippen LogP contribution in [0.25, 0.3) is 0 Å². The summed E-state index contributed by atoms with van der Waals surface area (Å²) < 4.78 is 0. The summed E-state index contributed by atoms with van der Waals surface area (Å²) in [5, 5.41) is 3.75. The van der Waals surface area contributed by atoms with Crippen LogP contribution in [0.4, 0.5) is 0 Å². The number of hydrogen-bond donors (Lipinski definition) is 1. The molecule has 0 aliphatic heterocycles. The fraction of sp³-hybridized carbons (Fsp3) is 0.647. The molecule has 1 fully saturated rings. The molecular weight excluding hydrogens is 218 g/mol. The lowest BCUT2D eigenvalue weighted by Crippen LogP contribution is -2.38. The van der Waals surface area contributed by atoms with E-state index >= 15 is 0 Å². The fourth-order valence-electron chi connectivity index (χ4n) is 2.60. The molecule has 0 spiro atoms. The minimum absolute atomic E-state index is 0.550. The first-order valence-corrected chi connectivity index (χ1v) is 7.34. The van der Waals surface area contributed by atoms with Gasteiger partial charge in [0.2, 0.25) is 0 Å². The summed E-state index contributed by atoms with van der Waals surface area (Å²) in [7, 11) is 0. The van der Waals surface area contributed by atoms with Crippen molar-refractivity contribution in [3.05, 3.63) is 34.9 Å². The van der Waals surface area contributed by atoms with E-state index in [2.05, 4.69) is 51.2 Å². The second-order valence-electron chi connectivity index (χ2n) is 6.28. The lowest BCUT2D eigenvalue weighted by Gasteiger charge is -2.25. The minimum Gasteiger partial charge on any atom is -0.313 e. The van der Waals surface area contributed by atoms with E-state index < -0.39 is 0 Å². The van der Waals surface area contributed by atoms with Gasteiger partial charge in [0.15, 0.2) is 0 Å². The molecule has 1 heteroatoms. The summed E-state index contributed by atoms with van der Waals surface area (Å²) in [6, 6.07) is 7.58. The smallest absolute Gasteiger partial charge is 0.0161 e. The number of hydrogen-bond acceptors (Lipinski definition) is 1. The molecule has 1 aliphatic carbocycles. The molecule has 1 nitrogen and oxygen atoms in total. The lowest BCUT2D eigenvalue weighted by molar-refractivity contribution is 0.354. The molecule has 1 saturated carbocycles. The molecule has 0 radical (unpaired) electrons. The number of benzene rings is 1. The standard InChI is InChI=1S/C17H27N/c1-5-10-18-16(17(4)8-9-17)12-15-7-6-13(2)14(3)11-15/h6-7,11,16,18H,5,8-10,12H2,1-4H3. The van der Waals surface area contributed by atoms with Crippen molar-refractivity contribution < 1.29 is 0 Å². The molecule has 0 bridgehead atoms. The number of nitrogens with one attached hydrogen (secondary N) is 1. The molecule has 1 aliphatic rings. The Hall–Kier alpha value is -0.820. The van der Waals surface area contributed by atoms with Gasteiger partial charge < -0.3 is 5.32 Å². The molecule has 1 aromatic carbocycles. The molecule has 1 unspecified atom stereocenters. The highest BCUT2D eigenvalue weighted by atomic mass is 14.9. The molecule has 18 heavy (non-hydrogen) atoms. The average Bonchev–Trinajstić information content (AvgIpc) is 3.08. The van der Waals surface area contributed by atoms with Gasteiger partial charge in [-0.15, -0.1) is 0 Å². The Kier molecular flexibility index (Phi) is 4.11. The van der Waals surface area contributed by atoms with E-state index in [1.54, 1.807) is 0 Å². The highest BCUT2D eigenvalue weighted by Gasteiger charge is 2.44. The maximum absolute atomic E-state index is 3.75. The topological polar surface area (TPSA) is 12.0 Å². The van der Waals surface area contributed by atoms with E-state index in [0.717, 1.165) is 6.54 Å². The summed E-state index contributed by atoms with van der Waals surface area (Å²) in [6.45, 7) is 10.2. The molecule has 1 N–H and O–H groups in total. The van der Waals surface area contributed by atoms with Gasteiger partial charge in [-0.1, -0.05) is 32.0 Å². The molecule has 100 valence electrons. The van der Waals surface area contributed by atoms with E-state index in [9.17, 15) is 0 Å². The molecule has 0 heterocycles. The summed E-state index contributed by atoms with van der Waals surface area (Å²) in [4.78, 5) is 0. The normalized spacial score (nSPS) is 18.7. The van der Waals surface area contributed by atoms with E-state index in [-0.39, 0.29) is 0 Å². The van der Waals surface area contributed by atoms with Gasteiger partial charge in [0.25, 0.3) is 0 Å². The van der Waals surface area contributed by atoms with Crippen LogP contribution in [-0.4, -0.2) is 12.6 Å². The van der Waals surface area contributed by atoms with Crippen LogP contribution in [0.1, 0.15) is 49.8 Å². The molecular formula is C17H27N. The zero-order chi connectivity index (χ0) is 13.2. The Labute approximate surface area is 112 Å². The third-order valence-electron chi connectivity index (χ3n) is 4.53. The van der Waals surface area contributed by atoms with Crippen LogP contribution >= 0.6 is 0 Å². The van der Waals surface area contributed by atoms with Gasteiger partial charge in [0, 0.05) is 6.04 Å². The predicted octanol–water partition coefficient (Wildman–Crippen LogP) is 4.01. The van der Waals surface area contributed by atoms with Crippen LogP contribution < -0.4 is 5.32 Å². The summed E-state index contributed by atoms with van der Waals surface area (Å²) in [5.74, 6) is 0. The molecule has 0 aromatic heterocycles. The summed E-state index contributed by atoms with van der Waals surface area (Å²) in [6.07, 6.45) is 5.18. The van der Waals surface area contributed by atoms with Crippen molar-refractivity contribution in [1.29, 1.82) is 0 Å². The Morgan fingerprint density at radius 2 is 1.94 bits per heavy atom. The van der Waals surface area contributed by atoms with E-state index in [4.69, 9.17) is 0 Å². The highest BCUT2D eigenvalue weighted by Crippen LogP contribution is 2.49. The van der Waals surface area contributed by atoms with Crippen LogP contribution in [0.15, 0.2) is 18.2 Å². The van der Waals surface area contributed by atoms with Gasteiger partial charge in [-0.25, -0.2) is 0 Å². The van der Waals surface area contributed by atoms with Crippen molar-refractivity contribution in [2.45, 2.75) is 59.4 Å². The van der Waals surface area contributed by atoms with Crippen molar-refractivity contribution in [2.75, 3.05) is 6.54 Å². The summed E-state index contributed by atoms with van der Waals surface area (Å²) in [5.41, 5.74) is 4.85. The molecule has 0 amide bonds. The Morgan fingerprint density at radius 3 is 2.50 bits per heavy atom. The van der Waals surface area contributed by atoms with Crippen LogP contribution in [-0.2, 0) is 6.42 Å². The van der Waals surface area contributed by atoms with Crippen LogP contribution in [0.3, 0.4) is 0 Å². The first-order valence-electron chi connectivity index (χ1n) is 7.34. The SMILES string of the molecule is CCCNC(Cc1ccc(C)c(C)c1)C1(C)CC1. The fourth-order valence-corrected chi connectivity index (χ4v) is 2.60. The van der Waals surface area contributed by atoms with Crippen molar-refractivity contribution in [1.82, 2.24) is 5.32 Å². The highest BCUT2D eigenvalue weighted by molar-refractivity contribution is 5.30. The Bertz CT molecular complexity index is 404. The first-order chi connectivity index (χ1) is 8.55. The Balaban J connectivity index is 2.05. The zero-order valence-electron chi connectivity index (χ0n) is 12.3. The van der Waals surface area contributed by atoms with E-state index in [0.29, 0.717) is 11.5 Å². The maximum atomic E-state index is 3.75. The second kappa shape index (κ2) is 5.44. The second-order valence-corrected chi connectivity index (χ2v) is 6.28. The van der Waals surface area contributed by atoms with Crippen LogP contribution in [0.5, 0.6) is 0 Å². The largest absolute Gasteiger partial charge is 0.313 e. The molecule has 1 atom stereocenters. The third kappa shape index (κ3) is 3.14. The van der Waals surface area contributed by atoms with Crippen LogP contribution in [0, 0.1) is 19.3 Å². The van der Waals surface area contributed by atoms with E-state index in [1.165, 1.54) is 42.4 Å². The summed E-state index contributed by atoms with van der Waals surface area (Å²) >= 11 is 0. The maximum Gasteiger partial charge on any atom is 0.0161 e. The molecule has 2 rings (SSSR count). The van der Waals surface area contributed by atoms with Gasteiger partial charge in [-0.2, -0.15) is 0 Å². The van der Waals surface area contributed by atoms with Crippen molar-refractivity contribution in [3.8, 4) is 0 Å². The Morgan fingerprint density at radius 1 is 1.22 bits per heavy atom. The van der Waals surface area contributed by atoms with Gasteiger partial charge >= 0.3 is 0 Å². The quantitative estimate of drug-likeness (QED) is 0.798. The zero-order valence-corrected chi connectivity index (χ0v) is 12.3. The van der Waals surface area contributed by atoms with Gasteiger partial charge in [0.05, 0.1) is 0 Å². The van der Waals surface area contributed by atoms with Gasteiger partial charge in [-0.05, 0) is 68.2 Å². The van der Waals surface area contributed by atoms with E-state index in [1.807, 2.05) is 0 Å². The number of rotatable bonds is 6. The predicted molar refractivity (Wildman–Crippen MR) is 79.0 cm³/mol. The molecule has 1 aromatic rings. The first kappa shape index (κ1) is 13.6. The lowest BCUT2D eigenvalue weighted by atomic mass is 9.91. The number of aryl methyl sites for hydroxylation is 2. The third-order valence-corrected chi connectivity index (χ3v) is 4.53. The monoisotopic (exact) mass is 245 g/mol. The average molecular weight is 245 g/mol. The van der Waals surface area contributed by atoms with Crippen molar-refractivity contribution >= 4 is 0 Å². The van der Waals surface area contributed by atoms with Crippen molar-refractivity contribution in [2.24, 2.45) is 5.41 Å². The van der Waals surface area contributed by atoms with Gasteiger partial charge in [0.1, 0.15) is 0 Å². The molecule has 0 saturated heterocycles. The van der Waals surface area contributed by atoms with Crippen molar-refractivity contribution in [3.63, 3.8) is 0 Å². The van der Waals surface area contributed by atoms with Crippen LogP contribution in [0.2, 0.25) is 0 Å². The minimum atomic E-state index is 0.550.